The van der Waals surface area contributed by atoms with Gasteiger partial charge < -0.3 is 14.4 Å². The van der Waals surface area contributed by atoms with Crippen LogP contribution in [0.15, 0.2) is 35.1 Å². The van der Waals surface area contributed by atoms with Gasteiger partial charge in [0.15, 0.2) is 0 Å². The summed E-state index contributed by atoms with van der Waals surface area (Å²) in [4.78, 5) is 15.2. The predicted octanol–water partition coefficient (Wildman–Crippen LogP) is 2.50. The molecule has 0 saturated heterocycles. The molecule has 1 aromatic carbocycles. The Balaban J connectivity index is 2.05. The maximum atomic E-state index is 11.1. The molecule has 1 aromatic heterocycles. The first-order chi connectivity index (χ1) is 9.08. The van der Waals surface area contributed by atoms with Gasteiger partial charge in [-0.05, 0) is 18.2 Å². The van der Waals surface area contributed by atoms with Gasteiger partial charge in [0.05, 0.1) is 6.61 Å². The number of aromatic nitrogens is 2. The van der Waals surface area contributed by atoms with Gasteiger partial charge in [0, 0.05) is 30.3 Å². The molecular weight excluding hydrogens is 312 g/mol. The highest BCUT2D eigenvalue weighted by atomic mass is 79.9. The Bertz CT molecular complexity index is 595. The molecule has 0 aliphatic rings. The molecule has 100 valence electrons. The van der Waals surface area contributed by atoms with Crippen LogP contribution in [0.1, 0.15) is 16.2 Å². The fourth-order valence-corrected chi connectivity index (χ4v) is 2.02. The lowest BCUT2D eigenvalue weighted by atomic mass is 10.2. The Morgan fingerprint density at radius 1 is 1.53 bits per heavy atom. The maximum Gasteiger partial charge on any atom is 0.339 e. The molecule has 0 radical (unpaired) electrons. The topological polar surface area (TPSA) is 64.4 Å². The molecule has 0 bridgehead atoms. The van der Waals surface area contributed by atoms with Crippen LogP contribution in [0.5, 0.6) is 5.75 Å². The predicted molar refractivity (Wildman–Crippen MR) is 73.5 cm³/mol. The van der Waals surface area contributed by atoms with E-state index in [-0.39, 0.29) is 5.56 Å². The Hall–Kier alpha value is -1.82. The van der Waals surface area contributed by atoms with Crippen molar-refractivity contribution in [1.82, 2.24) is 9.55 Å². The SMILES string of the molecule is Cn1ccnc1CCOc1cc(Br)ccc1C(=O)O. The highest BCUT2D eigenvalue weighted by Gasteiger charge is 2.11. The molecule has 1 N–H and O–H groups in total. The van der Waals surface area contributed by atoms with E-state index >= 15 is 0 Å². The van der Waals surface area contributed by atoms with E-state index in [0.29, 0.717) is 18.8 Å². The van der Waals surface area contributed by atoms with Gasteiger partial charge in [-0.25, -0.2) is 9.78 Å². The van der Waals surface area contributed by atoms with E-state index in [1.165, 1.54) is 6.07 Å². The molecule has 0 aliphatic heterocycles. The van der Waals surface area contributed by atoms with Crippen molar-refractivity contribution < 1.29 is 14.6 Å². The standard InChI is InChI=1S/C13H13BrN2O3/c1-16-6-5-15-12(16)4-7-19-11-8-9(14)2-3-10(11)13(17)18/h2-3,5-6,8H,4,7H2,1H3,(H,17,18). The minimum Gasteiger partial charge on any atom is -0.492 e. The zero-order chi connectivity index (χ0) is 13.8. The molecule has 0 unspecified atom stereocenters. The first-order valence-electron chi connectivity index (χ1n) is 5.70. The van der Waals surface area contributed by atoms with Crippen LogP contribution in [-0.4, -0.2) is 27.2 Å². The lowest BCUT2D eigenvalue weighted by Gasteiger charge is -2.09. The number of halogens is 1. The zero-order valence-corrected chi connectivity index (χ0v) is 11.9. The highest BCUT2D eigenvalue weighted by molar-refractivity contribution is 9.10. The van der Waals surface area contributed by atoms with Gasteiger partial charge in [-0.3, -0.25) is 0 Å². The van der Waals surface area contributed by atoms with Crippen LogP contribution in [0, 0.1) is 0 Å². The summed E-state index contributed by atoms with van der Waals surface area (Å²) in [5.41, 5.74) is 0.156. The lowest BCUT2D eigenvalue weighted by molar-refractivity contribution is 0.0692. The molecule has 0 spiro atoms. The number of imidazole rings is 1. The van der Waals surface area contributed by atoms with Gasteiger partial charge >= 0.3 is 5.97 Å². The molecule has 1 heterocycles. The molecular formula is C13H13BrN2O3. The first-order valence-corrected chi connectivity index (χ1v) is 6.49. The van der Waals surface area contributed by atoms with Gasteiger partial charge in [-0.2, -0.15) is 0 Å². The van der Waals surface area contributed by atoms with Gasteiger partial charge in [-0.1, -0.05) is 15.9 Å². The zero-order valence-electron chi connectivity index (χ0n) is 10.3. The smallest absolute Gasteiger partial charge is 0.339 e. The third-order valence-corrected chi connectivity index (χ3v) is 3.17. The number of aryl methyl sites for hydroxylation is 1. The summed E-state index contributed by atoms with van der Waals surface area (Å²) in [5, 5.41) is 9.07. The number of carboxylic acids is 1. The Kier molecular flexibility index (Phi) is 4.21. The van der Waals surface area contributed by atoms with E-state index in [1.54, 1.807) is 18.3 Å². The third-order valence-electron chi connectivity index (χ3n) is 2.68. The van der Waals surface area contributed by atoms with Crippen LogP contribution in [0.3, 0.4) is 0 Å². The van der Waals surface area contributed by atoms with Gasteiger partial charge in [0.1, 0.15) is 17.1 Å². The van der Waals surface area contributed by atoms with Crippen LogP contribution in [0.4, 0.5) is 0 Å². The van der Waals surface area contributed by atoms with Gasteiger partial charge in [-0.15, -0.1) is 0 Å². The van der Waals surface area contributed by atoms with Crippen molar-refractivity contribution in [3.05, 3.63) is 46.5 Å². The molecule has 0 fully saturated rings. The van der Waals surface area contributed by atoms with Gasteiger partial charge in [0.2, 0.25) is 0 Å². The number of hydrogen-bond acceptors (Lipinski definition) is 3. The fraction of sp³-hybridized carbons (Fsp3) is 0.231. The van der Waals surface area contributed by atoms with E-state index in [0.717, 1.165) is 10.3 Å². The second-order valence-electron chi connectivity index (χ2n) is 4.00. The first kappa shape index (κ1) is 13.6. The number of benzene rings is 1. The number of nitrogens with zero attached hydrogens (tertiary/aromatic N) is 2. The number of rotatable bonds is 5. The number of aromatic carboxylic acids is 1. The highest BCUT2D eigenvalue weighted by Crippen LogP contribution is 2.24. The van der Waals surface area contributed by atoms with E-state index in [4.69, 9.17) is 9.84 Å². The molecule has 0 atom stereocenters. The van der Waals surface area contributed by atoms with Crippen molar-refractivity contribution in [3.8, 4) is 5.75 Å². The molecule has 19 heavy (non-hydrogen) atoms. The summed E-state index contributed by atoms with van der Waals surface area (Å²) < 4.78 is 8.23. The minimum atomic E-state index is -1.00. The van der Waals surface area contributed by atoms with Crippen LogP contribution in [0.2, 0.25) is 0 Å². The van der Waals surface area contributed by atoms with Crippen LogP contribution >= 0.6 is 15.9 Å². The summed E-state index contributed by atoms with van der Waals surface area (Å²) in [6.07, 6.45) is 4.20. The molecule has 2 rings (SSSR count). The molecule has 5 nitrogen and oxygen atoms in total. The van der Waals surface area contributed by atoms with Crippen molar-refractivity contribution in [2.75, 3.05) is 6.61 Å². The Labute approximate surface area is 119 Å². The van der Waals surface area contributed by atoms with E-state index in [1.807, 2.05) is 17.8 Å². The molecule has 0 aliphatic carbocycles. The van der Waals surface area contributed by atoms with Gasteiger partial charge in [0.25, 0.3) is 0 Å². The van der Waals surface area contributed by atoms with Crippen molar-refractivity contribution in [3.63, 3.8) is 0 Å². The normalized spacial score (nSPS) is 10.4. The van der Waals surface area contributed by atoms with Crippen molar-refractivity contribution >= 4 is 21.9 Å². The largest absolute Gasteiger partial charge is 0.492 e. The monoisotopic (exact) mass is 324 g/mol. The molecule has 0 saturated carbocycles. The van der Waals surface area contributed by atoms with E-state index in [2.05, 4.69) is 20.9 Å². The fourth-order valence-electron chi connectivity index (χ4n) is 1.68. The summed E-state index contributed by atoms with van der Waals surface area (Å²) >= 11 is 3.30. The second-order valence-corrected chi connectivity index (χ2v) is 4.91. The lowest BCUT2D eigenvalue weighted by Crippen LogP contribution is -2.09. The summed E-state index contributed by atoms with van der Waals surface area (Å²) in [6, 6.07) is 4.85. The van der Waals surface area contributed by atoms with Crippen molar-refractivity contribution in [1.29, 1.82) is 0 Å². The third kappa shape index (κ3) is 3.35. The second kappa shape index (κ2) is 5.88. The van der Waals surface area contributed by atoms with E-state index < -0.39 is 5.97 Å². The summed E-state index contributed by atoms with van der Waals surface area (Å²) in [5.74, 6) is 0.252. The molecule has 0 amide bonds. The summed E-state index contributed by atoms with van der Waals surface area (Å²) in [7, 11) is 1.91. The molecule has 2 aromatic rings. The van der Waals surface area contributed by atoms with Crippen LogP contribution < -0.4 is 4.74 Å². The average Bonchev–Trinajstić information content (AvgIpc) is 2.75. The van der Waals surface area contributed by atoms with E-state index in [9.17, 15) is 4.79 Å². The number of hydrogen-bond donors (Lipinski definition) is 1. The summed E-state index contributed by atoms with van der Waals surface area (Å²) in [6.45, 7) is 0.377. The number of ether oxygens (including phenoxy) is 1. The quantitative estimate of drug-likeness (QED) is 0.917. The van der Waals surface area contributed by atoms with Crippen LogP contribution in [0.25, 0.3) is 0 Å². The van der Waals surface area contributed by atoms with Crippen molar-refractivity contribution in [2.45, 2.75) is 6.42 Å². The Morgan fingerprint density at radius 2 is 2.32 bits per heavy atom. The van der Waals surface area contributed by atoms with Crippen molar-refractivity contribution in [2.24, 2.45) is 7.05 Å². The minimum absolute atomic E-state index is 0.156. The number of carboxylic acid groups (broad SMARTS) is 1. The average molecular weight is 325 g/mol. The number of carbonyl (C=O) groups is 1. The maximum absolute atomic E-state index is 11.1. The molecule has 6 heteroatoms. The Morgan fingerprint density at radius 3 is 2.95 bits per heavy atom. The van der Waals surface area contributed by atoms with Crippen LogP contribution in [-0.2, 0) is 13.5 Å².